The van der Waals surface area contributed by atoms with Crippen LogP contribution in [0.25, 0.3) is 0 Å². The first-order chi connectivity index (χ1) is 4.76. The van der Waals surface area contributed by atoms with Crippen molar-refractivity contribution in [2.75, 3.05) is 13.1 Å². The third kappa shape index (κ3) is 3.47. The molecule has 0 aromatic heterocycles. The Labute approximate surface area is 70.2 Å². The molecule has 0 aromatic rings. The molecule has 0 bridgehead atoms. The van der Waals surface area contributed by atoms with Crippen molar-refractivity contribution in [1.82, 2.24) is 4.90 Å². The summed E-state index contributed by atoms with van der Waals surface area (Å²) in [5, 5.41) is 0.472. The van der Waals surface area contributed by atoms with Gasteiger partial charge in [-0.25, -0.2) is 0 Å². The molecular formula is C8H19NS. The molecule has 0 saturated heterocycles. The average molecular weight is 161 g/mol. The molecule has 0 spiro atoms. The molecule has 1 unspecified atom stereocenters. The largest absolute Gasteiger partial charge is 0.292 e. The molecule has 0 saturated carbocycles. The highest BCUT2D eigenvalue weighted by Gasteiger charge is 2.07. The van der Waals surface area contributed by atoms with E-state index in [9.17, 15) is 0 Å². The normalized spacial score (nSPS) is 14.1. The Morgan fingerprint density at radius 1 is 1.20 bits per heavy atom. The summed E-state index contributed by atoms with van der Waals surface area (Å²) >= 11 is 4.49. The van der Waals surface area contributed by atoms with Crippen molar-refractivity contribution >= 4 is 12.6 Å². The van der Waals surface area contributed by atoms with Gasteiger partial charge < -0.3 is 0 Å². The summed E-state index contributed by atoms with van der Waals surface area (Å²) in [6, 6.07) is 0. The lowest BCUT2D eigenvalue weighted by atomic mass is 10.3. The van der Waals surface area contributed by atoms with Gasteiger partial charge >= 0.3 is 0 Å². The zero-order chi connectivity index (χ0) is 7.98. The first-order valence-electron chi connectivity index (χ1n) is 4.18. The summed E-state index contributed by atoms with van der Waals surface area (Å²) < 4.78 is 0. The van der Waals surface area contributed by atoms with E-state index in [0.717, 1.165) is 13.1 Å². The molecule has 0 amide bonds. The van der Waals surface area contributed by atoms with E-state index < -0.39 is 0 Å². The van der Waals surface area contributed by atoms with Crippen LogP contribution in [0.15, 0.2) is 0 Å². The SMILES string of the molecule is CCCC(S)N(CC)CC. The fourth-order valence-corrected chi connectivity index (χ4v) is 1.67. The Morgan fingerprint density at radius 3 is 2.00 bits per heavy atom. The van der Waals surface area contributed by atoms with Crippen LogP contribution >= 0.6 is 12.6 Å². The molecule has 0 aliphatic rings. The van der Waals surface area contributed by atoms with Crippen molar-refractivity contribution in [3.8, 4) is 0 Å². The lowest BCUT2D eigenvalue weighted by Crippen LogP contribution is -2.30. The Hall–Kier alpha value is 0.310. The number of hydrogen-bond donors (Lipinski definition) is 1. The average Bonchev–Trinajstić information content (AvgIpc) is 1.91. The van der Waals surface area contributed by atoms with E-state index in [1.54, 1.807) is 0 Å². The van der Waals surface area contributed by atoms with E-state index in [1.807, 2.05) is 0 Å². The number of nitrogens with zero attached hydrogens (tertiary/aromatic N) is 1. The van der Waals surface area contributed by atoms with E-state index >= 15 is 0 Å². The van der Waals surface area contributed by atoms with Crippen LogP contribution in [-0.2, 0) is 0 Å². The number of thiol groups is 1. The fraction of sp³-hybridized carbons (Fsp3) is 1.00. The summed E-state index contributed by atoms with van der Waals surface area (Å²) in [5.41, 5.74) is 0. The molecule has 1 nitrogen and oxygen atoms in total. The van der Waals surface area contributed by atoms with E-state index in [-0.39, 0.29) is 0 Å². The monoisotopic (exact) mass is 161 g/mol. The highest BCUT2D eigenvalue weighted by molar-refractivity contribution is 7.80. The van der Waals surface area contributed by atoms with Crippen LogP contribution in [0.2, 0.25) is 0 Å². The van der Waals surface area contributed by atoms with Crippen LogP contribution in [0.4, 0.5) is 0 Å². The standard InChI is InChI=1S/C8H19NS/c1-4-7-8(10)9(5-2)6-3/h8,10H,4-7H2,1-3H3. The maximum atomic E-state index is 4.49. The second-order valence-electron chi connectivity index (χ2n) is 2.49. The Balaban J connectivity index is 3.53. The summed E-state index contributed by atoms with van der Waals surface area (Å²) in [7, 11) is 0. The topological polar surface area (TPSA) is 3.24 Å². The molecule has 0 rings (SSSR count). The van der Waals surface area contributed by atoms with Gasteiger partial charge in [-0.3, -0.25) is 4.90 Å². The summed E-state index contributed by atoms with van der Waals surface area (Å²) in [5.74, 6) is 0. The van der Waals surface area contributed by atoms with Gasteiger partial charge in [0.2, 0.25) is 0 Å². The number of hydrogen-bond acceptors (Lipinski definition) is 2. The summed E-state index contributed by atoms with van der Waals surface area (Å²) in [6.45, 7) is 8.80. The zero-order valence-corrected chi connectivity index (χ0v) is 8.19. The highest BCUT2D eigenvalue weighted by atomic mass is 32.1. The van der Waals surface area contributed by atoms with Crippen LogP contribution in [0.5, 0.6) is 0 Å². The summed E-state index contributed by atoms with van der Waals surface area (Å²) in [4.78, 5) is 2.37. The van der Waals surface area contributed by atoms with Gasteiger partial charge in [0, 0.05) is 0 Å². The maximum absolute atomic E-state index is 4.49. The highest BCUT2D eigenvalue weighted by Crippen LogP contribution is 2.09. The van der Waals surface area contributed by atoms with Gasteiger partial charge in [0.15, 0.2) is 0 Å². The quantitative estimate of drug-likeness (QED) is 0.478. The van der Waals surface area contributed by atoms with Crippen molar-refractivity contribution in [2.45, 2.75) is 39.0 Å². The minimum Gasteiger partial charge on any atom is -0.292 e. The molecule has 62 valence electrons. The predicted molar refractivity (Wildman–Crippen MR) is 50.6 cm³/mol. The van der Waals surface area contributed by atoms with E-state index in [4.69, 9.17) is 0 Å². The molecule has 0 aromatic carbocycles. The molecule has 2 heteroatoms. The minimum atomic E-state index is 0.472. The molecular weight excluding hydrogens is 142 g/mol. The Morgan fingerprint density at radius 2 is 1.70 bits per heavy atom. The van der Waals surface area contributed by atoms with Gasteiger partial charge in [0.05, 0.1) is 5.37 Å². The van der Waals surface area contributed by atoms with Gasteiger partial charge in [-0.1, -0.05) is 27.2 Å². The van der Waals surface area contributed by atoms with Gasteiger partial charge in [0.25, 0.3) is 0 Å². The second-order valence-corrected chi connectivity index (χ2v) is 3.09. The first-order valence-corrected chi connectivity index (χ1v) is 4.69. The van der Waals surface area contributed by atoms with Crippen molar-refractivity contribution in [1.29, 1.82) is 0 Å². The molecule has 0 radical (unpaired) electrons. The van der Waals surface area contributed by atoms with Crippen molar-refractivity contribution in [2.24, 2.45) is 0 Å². The molecule has 0 heterocycles. The van der Waals surface area contributed by atoms with E-state index in [2.05, 4.69) is 38.3 Å². The van der Waals surface area contributed by atoms with Crippen LogP contribution < -0.4 is 0 Å². The van der Waals surface area contributed by atoms with Crippen molar-refractivity contribution < 1.29 is 0 Å². The smallest absolute Gasteiger partial charge is 0.0527 e. The lowest BCUT2D eigenvalue weighted by Gasteiger charge is -2.24. The first kappa shape index (κ1) is 10.3. The van der Waals surface area contributed by atoms with E-state index in [0.29, 0.717) is 5.37 Å². The predicted octanol–water partition coefficient (Wildman–Crippen LogP) is 2.38. The third-order valence-electron chi connectivity index (χ3n) is 1.78. The molecule has 0 aliphatic carbocycles. The van der Waals surface area contributed by atoms with E-state index in [1.165, 1.54) is 12.8 Å². The van der Waals surface area contributed by atoms with Crippen molar-refractivity contribution in [3.05, 3.63) is 0 Å². The van der Waals surface area contributed by atoms with Crippen LogP contribution in [0, 0.1) is 0 Å². The second kappa shape index (κ2) is 6.05. The van der Waals surface area contributed by atoms with Gasteiger partial charge in [-0.15, -0.1) is 0 Å². The van der Waals surface area contributed by atoms with Crippen LogP contribution in [0.1, 0.15) is 33.6 Å². The minimum absolute atomic E-state index is 0.472. The zero-order valence-electron chi connectivity index (χ0n) is 7.30. The van der Waals surface area contributed by atoms with Gasteiger partial charge in [0.1, 0.15) is 0 Å². The van der Waals surface area contributed by atoms with Crippen LogP contribution in [-0.4, -0.2) is 23.4 Å². The van der Waals surface area contributed by atoms with Gasteiger partial charge in [-0.05, 0) is 19.5 Å². The van der Waals surface area contributed by atoms with Crippen LogP contribution in [0.3, 0.4) is 0 Å². The third-order valence-corrected chi connectivity index (χ3v) is 2.37. The summed E-state index contributed by atoms with van der Waals surface area (Å²) in [6.07, 6.45) is 2.43. The fourth-order valence-electron chi connectivity index (χ4n) is 1.09. The van der Waals surface area contributed by atoms with Crippen molar-refractivity contribution in [3.63, 3.8) is 0 Å². The molecule has 0 aliphatic heterocycles. The Bertz CT molecular complexity index is 71.7. The lowest BCUT2D eigenvalue weighted by molar-refractivity contribution is 0.274. The molecule has 1 atom stereocenters. The maximum Gasteiger partial charge on any atom is 0.0527 e. The molecule has 0 fully saturated rings. The molecule has 10 heavy (non-hydrogen) atoms. The number of rotatable bonds is 5. The molecule has 0 N–H and O–H groups in total. The van der Waals surface area contributed by atoms with Gasteiger partial charge in [-0.2, -0.15) is 12.6 Å². The Kier molecular flexibility index (Phi) is 6.24.